The second-order valence-corrected chi connectivity index (χ2v) is 5.70. The Balaban J connectivity index is 1.84. The standard InChI is InChI=1S/C16H17N5O5/c1-18-15(25)21(16(26)19(18)2)11-5-3-10(4-6-11)17-12-9-13(23)20(7-8-22)14(12)24/h3-6,9,17,22H,7-8H2,1-2H3. The quantitative estimate of drug-likeness (QED) is 0.630. The van der Waals surface area contributed by atoms with Gasteiger partial charge in [0.25, 0.3) is 11.8 Å². The van der Waals surface area contributed by atoms with Crippen LogP contribution in [0.5, 0.6) is 0 Å². The number of carbonyl (C=O) groups is 2. The van der Waals surface area contributed by atoms with Crippen molar-refractivity contribution in [1.29, 1.82) is 0 Å². The molecular formula is C16H17N5O5. The highest BCUT2D eigenvalue weighted by Crippen LogP contribution is 2.18. The highest BCUT2D eigenvalue weighted by Gasteiger charge is 2.30. The van der Waals surface area contributed by atoms with Crippen LogP contribution in [0.15, 0.2) is 45.6 Å². The Bertz CT molecular complexity index is 991. The molecule has 0 aliphatic carbocycles. The van der Waals surface area contributed by atoms with Crippen LogP contribution in [0.4, 0.5) is 5.69 Å². The van der Waals surface area contributed by atoms with E-state index >= 15 is 0 Å². The maximum Gasteiger partial charge on any atom is 0.351 e. The first-order valence-electron chi connectivity index (χ1n) is 7.76. The molecule has 10 nitrogen and oxygen atoms in total. The molecule has 2 heterocycles. The van der Waals surface area contributed by atoms with E-state index in [4.69, 9.17) is 5.11 Å². The lowest BCUT2D eigenvalue weighted by atomic mass is 10.2. The first-order chi connectivity index (χ1) is 12.3. The van der Waals surface area contributed by atoms with Gasteiger partial charge in [0.05, 0.1) is 18.8 Å². The molecular weight excluding hydrogens is 342 g/mol. The molecule has 0 radical (unpaired) electrons. The number of carbonyl (C=O) groups excluding carboxylic acids is 2. The van der Waals surface area contributed by atoms with Gasteiger partial charge in [0.15, 0.2) is 0 Å². The van der Waals surface area contributed by atoms with Crippen LogP contribution >= 0.6 is 0 Å². The number of anilines is 1. The fraction of sp³-hybridized carbons (Fsp3) is 0.250. The van der Waals surface area contributed by atoms with Crippen LogP contribution < -0.4 is 16.7 Å². The Morgan fingerprint density at radius 1 is 0.962 bits per heavy atom. The van der Waals surface area contributed by atoms with Crippen LogP contribution in [0.25, 0.3) is 5.69 Å². The number of hydrogen-bond donors (Lipinski definition) is 2. The van der Waals surface area contributed by atoms with Gasteiger partial charge >= 0.3 is 11.4 Å². The average molecular weight is 359 g/mol. The van der Waals surface area contributed by atoms with E-state index in [1.807, 2.05) is 0 Å². The number of imide groups is 1. The summed E-state index contributed by atoms with van der Waals surface area (Å²) in [6, 6.07) is 6.28. The number of aliphatic hydroxyl groups is 1. The molecule has 0 bridgehead atoms. The summed E-state index contributed by atoms with van der Waals surface area (Å²) >= 11 is 0. The van der Waals surface area contributed by atoms with E-state index in [0.717, 1.165) is 15.5 Å². The molecule has 136 valence electrons. The van der Waals surface area contributed by atoms with Gasteiger partial charge in [-0.3, -0.25) is 14.5 Å². The second-order valence-electron chi connectivity index (χ2n) is 5.70. The molecule has 0 saturated carbocycles. The number of aliphatic hydroxyl groups excluding tert-OH is 1. The van der Waals surface area contributed by atoms with E-state index in [9.17, 15) is 19.2 Å². The van der Waals surface area contributed by atoms with Crippen LogP contribution in [0.2, 0.25) is 0 Å². The minimum absolute atomic E-state index is 0.0709. The van der Waals surface area contributed by atoms with Crippen molar-refractivity contribution in [2.75, 3.05) is 18.5 Å². The molecule has 10 heteroatoms. The van der Waals surface area contributed by atoms with Gasteiger partial charge in [-0.25, -0.2) is 23.5 Å². The lowest BCUT2D eigenvalue weighted by molar-refractivity contribution is -0.137. The summed E-state index contributed by atoms with van der Waals surface area (Å²) in [5, 5.41) is 11.7. The number of rotatable bonds is 5. The molecule has 26 heavy (non-hydrogen) atoms. The molecule has 0 spiro atoms. The Hall–Kier alpha value is -3.40. The van der Waals surface area contributed by atoms with Crippen molar-refractivity contribution in [3.8, 4) is 5.69 Å². The molecule has 2 aromatic rings. The Morgan fingerprint density at radius 3 is 2.08 bits per heavy atom. The van der Waals surface area contributed by atoms with E-state index in [1.165, 1.54) is 23.5 Å². The summed E-state index contributed by atoms with van der Waals surface area (Å²) in [6.07, 6.45) is 1.16. The summed E-state index contributed by atoms with van der Waals surface area (Å²) in [4.78, 5) is 49.0. The molecule has 1 aliphatic rings. The predicted octanol–water partition coefficient (Wildman–Crippen LogP) is -1.47. The molecule has 0 fully saturated rings. The topological polar surface area (TPSA) is 119 Å². The van der Waals surface area contributed by atoms with Crippen LogP contribution in [0, 0.1) is 0 Å². The summed E-state index contributed by atoms with van der Waals surface area (Å²) in [7, 11) is 2.98. The van der Waals surface area contributed by atoms with Gasteiger partial charge in [-0.1, -0.05) is 0 Å². The lowest BCUT2D eigenvalue weighted by Crippen LogP contribution is -2.34. The lowest BCUT2D eigenvalue weighted by Gasteiger charge is -2.13. The van der Waals surface area contributed by atoms with Gasteiger partial charge in [0.2, 0.25) is 0 Å². The van der Waals surface area contributed by atoms with Gasteiger partial charge in [0.1, 0.15) is 5.70 Å². The zero-order valence-electron chi connectivity index (χ0n) is 14.2. The third kappa shape index (κ3) is 2.75. The predicted molar refractivity (Wildman–Crippen MR) is 91.8 cm³/mol. The summed E-state index contributed by atoms with van der Waals surface area (Å²) in [5.41, 5.74) is 0.0255. The average Bonchev–Trinajstić information content (AvgIpc) is 2.99. The number of hydrogen-bond acceptors (Lipinski definition) is 6. The summed E-state index contributed by atoms with van der Waals surface area (Å²) < 4.78 is 3.41. The largest absolute Gasteiger partial charge is 0.395 e. The minimum Gasteiger partial charge on any atom is -0.395 e. The maximum absolute atomic E-state index is 12.1. The van der Waals surface area contributed by atoms with E-state index in [2.05, 4.69) is 5.32 Å². The highest BCUT2D eigenvalue weighted by molar-refractivity contribution is 6.17. The van der Waals surface area contributed by atoms with Crippen LogP contribution in [0.3, 0.4) is 0 Å². The smallest absolute Gasteiger partial charge is 0.351 e. The summed E-state index contributed by atoms with van der Waals surface area (Å²) in [5.74, 6) is -1.02. The Kier molecular flexibility index (Phi) is 4.34. The van der Waals surface area contributed by atoms with E-state index in [1.54, 1.807) is 24.3 Å². The van der Waals surface area contributed by atoms with E-state index in [0.29, 0.717) is 11.4 Å². The highest BCUT2D eigenvalue weighted by atomic mass is 16.3. The monoisotopic (exact) mass is 359 g/mol. The number of β-amino-alcohol motifs (C(OH)–C–C–N with tert-alkyl or cyclic N) is 1. The SMILES string of the molecule is Cn1c(=O)n(-c2ccc(NC3=CC(=O)N(CCO)C3=O)cc2)c(=O)n1C. The number of nitrogens with one attached hydrogen (secondary N) is 1. The van der Waals surface area contributed by atoms with Crippen LogP contribution in [0.1, 0.15) is 0 Å². The zero-order valence-corrected chi connectivity index (χ0v) is 14.2. The van der Waals surface area contributed by atoms with E-state index < -0.39 is 23.2 Å². The summed E-state index contributed by atoms with van der Waals surface area (Å²) in [6.45, 7) is -0.382. The van der Waals surface area contributed by atoms with Crippen molar-refractivity contribution in [3.05, 3.63) is 57.0 Å². The molecule has 0 unspecified atom stereocenters. The van der Waals surface area contributed by atoms with E-state index in [-0.39, 0.29) is 18.8 Å². The van der Waals surface area contributed by atoms with Gasteiger partial charge < -0.3 is 10.4 Å². The molecule has 1 aliphatic heterocycles. The Labute approximate surface area is 147 Å². The van der Waals surface area contributed by atoms with Crippen molar-refractivity contribution >= 4 is 17.5 Å². The first kappa shape index (κ1) is 17.4. The Morgan fingerprint density at radius 2 is 1.54 bits per heavy atom. The normalized spacial score (nSPS) is 14.1. The third-order valence-electron chi connectivity index (χ3n) is 4.12. The molecule has 1 aromatic carbocycles. The van der Waals surface area contributed by atoms with Crippen molar-refractivity contribution in [3.63, 3.8) is 0 Å². The van der Waals surface area contributed by atoms with Crippen molar-refractivity contribution in [2.45, 2.75) is 0 Å². The van der Waals surface area contributed by atoms with Gasteiger partial charge in [0, 0.05) is 25.9 Å². The number of aromatic nitrogens is 3. The van der Waals surface area contributed by atoms with Crippen LogP contribution in [-0.4, -0.2) is 48.9 Å². The fourth-order valence-electron chi connectivity index (χ4n) is 2.61. The number of nitrogens with zero attached hydrogens (tertiary/aromatic N) is 4. The number of benzene rings is 1. The third-order valence-corrected chi connectivity index (χ3v) is 4.12. The number of amides is 2. The second kappa shape index (κ2) is 6.48. The first-order valence-corrected chi connectivity index (χ1v) is 7.76. The molecule has 1 aromatic heterocycles. The molecule has 2 amide bonds. The van der Waals surface area contributed by atoms with Gasteiger partial charge in [-0.2, -0.15) is 0 Å². The maximum atomic E-state index is 12.1. The van der Waals surface area contributed by atoms with Gasteiger partial charge in [-0.05, 0) is 24.3 Å². The van der Waals surface area contributed by atoms with Crippen molar-refractivity contribution in [2.24, 2.45) is 14.1 Å². The molecule has 2 N–H and O–H groups in total. The molecule has 3 rings (SSSR count). The minimum atomic E-state index is -0.527. The van der Waals surface area contributed by atoms with Gasteiger partial charge in [-0.15, -0.1) is 0 Å². The molecule has 0 saturated heterocycles. The zero-order chi connectivity index (χ0) is 19.0. The van der Waals surface area contributed by atoms with Crippen molar-refractivity contribution < 1.29 is 14.7 Å². The van der Waals surface area contributed by atoms with Crippen LogP contribution in [-0.2, 0) is 23.7 Å². The van der Waals surface area contributed by atoms with Crippen molar-refractivity contribution in [1.82, 2.24) is 18.8 Å². The molecule has 0 atom stereocenters. The fourth-order valence-corrected chi connectivity index (χ4v) is 2.61.